The van der Waals surface area contributed by atoms with Crippen LogP contribution in [0.2, 0.25) is 0 Å². The summed E-state index contributed by atoms with van der Waals surface area (Å²) in [5.41, 5.74) is 0.504. The molecule has 1 unspecified atom stereocenters. The van der Waals surface area contributed by atoms with E-state index in [4.69, 9.17) is 0 Å². The summed E-state index contributed by atoms with van der Waals surface area (Å²) in [5.74, 6) is -1.32. The van der Waals surface area contributed by atoms with Crippen LogP contribution in [0.5, 0.6) is 0 Å². The van der Waals surface area contributed by atoms with E-state index in [9.17, 15) is 17.6 Å². The van der Waals surface area contributed by atoms with E-state index in [-0.39, 0.29) is 4.90 Å². The average Bonchev–Trinajstić information content (AvgIpc) is 2.47. The highest BCUT2D eigenvalue weighted by Crippen LogP contribution is 2.18. The van der Waals surface area contributed by atoms with Gasteiger partial charge in [-0.1, -0.05) is 24.3 Å². The van der Waals surface area contributed by atoms with Crippen LogP contribution in [-0.2, 0) is 14.6 Å². The quantitative estimate of drug-likeness (QED) is 0.944. The van der Waals surface area contributed by atoms with Gasteiger partial charge in [0.2, 0.25) is 5.91 Å². The molecule has 0 radical (unpaired) electrons. The maximum atomic E-state index is 13.1. The molecule has 2 aromatic rings. The van der Waals surface area contributed by atoms with Crippen molar-refractivity contribution >= 4 is 21.4 Å². The minimum absolute atomic E-state index is 0.210. The van der Waals surface area contributed by atoms with E-state index >= 15 is 0 Å². The van der Waals surface area contributed by atoms with E-state index in [1.165, 1.54) is 19.1 Å². The van der Waals surface area contributed by atoms with Crippen molar-refractivity contribution in [1.82, 2.24) is 0 Å². The molecule has 0 bridgehead atoms. The van der Waals surface area contributed by atoms with E-state index in [2.05, 4.69) is 5.32 Å². The zero-order valence-corrected chi connectivity index (χ0v) is 12.1. The Morgan fingerprint density at radius 1 is 1.10 bits per heavy atom. The second-order valence-corrected chi connectivity index (χ2v) is 6.77. The maximum Gasteiger partial charge on any atom is 0.242 e. The number of amides is 1. The van der Waals surface area contributed by atoms with Crippen LogP contribution < -0.4 is 5.32 Å². The van der Waals surface area contributed by atoms with Crippen LogP contribution in [0, 0.1) is 5.82 Å². The fraction of sp³-hybridized carbons (Fsp3) is 0.133. The zero-order chi connectivity index (χ0) is 15.5. The molecule has 110 valence electrons. The monoisotopic (exact) mass is 307 g/mol. The van der Waals surface area contributed by atoms with E-state index in [0.29, 0.717) is 5.69 Å². The summed E-state index contributed by atoms with van der Waals surface area (Å²) < 4.78 is 37.7. The number of hydrogen-bond acceptors (Lipinski definition) is 3. The van der Waals surface area contributed by atoms with Crippen LogP contribution in [-0.4, -0.2) is 19.6 Å². The van der Waals surface area contributed by atoms with Crippen LogP contribution in [0.1, 0.15) is 6.92 Å². The minimum atomic E-state index is -3.93. The highest BCUT2D eigenvalue weighted by atomic mass is 32.2. The van der Waals surface area contributed by atoms with Crippen molar-refractivity contribution in [3.8, 4) is 0 Å². The fourth-order valence-corrected chi connectivity index (χ4v) is 3.05. The summed E-state index contributed by atoms with van der Waals surface area (Å²) in [6.07, 6.45) is 0. The third-order valence-electron chi connectivity index (χ3n) is 3.00. The van der Waals surface area contributed by atoms with Gasteiger partial charge in [0.15, 0.2) is 9.84 Å². The number of nitrogens with one attached hydrogen (secondary N) is 1. The number of benzene rings is 2. The summed E-state index contributed by atoms with van der Waals surface area (Å²) in [6, 6.07) is 13.1. The molecule has 0 saturated heterocycles. The summed E-state index contributed by atoms with van der Waals surface area (Å²) in [5, 5.41) is 1.20. The first-order valence-electron chi connectivity index (χ1n) is 6.26. The summed E-state index contributed by atoms with van der Waals surface area (Å²) in [7, 11) is -3.93. The van der Waals surface area contributed by atoms with E-state index < -0.39 is 26.8 Å². The summed E-state index contributed by atoms with van der Waals surface area (Å²) in [4.78, 5) is 11.8. The van der Waals surface area contributed by atoms with Gasteiger partial charge in [-0.25, -0.2) is 12.8 Å². The summed E-state index contributed by atoms with van der Waals surface area (Å²) >= 11 is 0. The normalized spacial score (nSPS) is 12.7. The van der Waals surface area contributed by atoms with Gasteiger partial charge in [0.05, 0.1) is 4.90 Å². The van der Waals surface area contributed by atoms with Gasteiger partial charge in [0.1, 0.15) is 11.1 Å². The molecule has 1 amide bonds. The lowest BCUT2D eigenvalue weighted by atomic mass is 10.3. The molecule has 6 heteroatoms. The third kappa shape index (κ3) is 3.46. The van der Waals surface area contributed by atoms with Gasteiger partial charge in [-0.05, 0) is 37.3 Å². The second kappa shape index (κ2) is 6.05. The lowest BCUT2D eigenvalue weighted by Gasteiger charge is -2.13. The van der Waals surface area contributed by atoms with Gasteiger partial charge in [0, 0.05) is 5.69 Å². The Morgan fingerprint density at radius 2 is 1.76 bits per heavy atom. The third-order valence-corrected chi connectivity index (χ3v) is 5.06. The summed E-state index contributed by atoms with van der Waals surface area (Å²) in [6.45, 7) is 1.28. The van der Waals surface area contributed by atoms with E-state index in [1.807, 2.05) is 0 Å². The molecule has 21 heavy (non-hydrogen) atoms. The standard InChI is InChI=1S/C15H14FNO3S/c1-11(15(18)17-13-7-3-2-4-8-13)21(19,20)14-9-5-6-12(16)10-14/h2-11H,1H3,(H,17,18). The smallest absolute Gasteiger partial charge is 0.242 e. The molecule has 1 N–H and O–H groups in total. The van der Waals surface area contributed by atoms with Crippen molar-refractivity contribution in [2.45, 2.75) is 17.1 Å². The van der Waals surface area contributed by atoms with Crippen molar-refractivity contribution in [2.75, 3.05) is 5.32 Å². The molecule has 2 rings (SSSR count). The molecular formula is C15H14FNO3S. The lowest BCUT2D eigenvalue weighted by molar-refractivity contribution is -0.115. The molecule has 1 atom stereocenters. The number of hydrogen-bond donors (Lipinski definition) is 1. The Balaban J connectivity index is 2.22. The van der Waals surface area contributed by atoms with E-state index in [1.54, 1.807) is 30.3 Å². The van der Waals surface area contributed by atoms with Crippen molar-refractivity contribution in [1.29, 1.82) is 0 Å². The van der Waals surface area contributed by atoms with Gasteiger partial charge in [-0.3, -0.25) is 4.79 Å². The molecule has 0 saturated carbocycles. The van der Waals surface area contributed by atoms with Crippen molar-refractivity contribution in [3.63, 3.8) is 0 Å². The minimum Gasteiger partial charge on any atom is -0.325 e. The number of carbonyl (C=O) groups excluding carboxylic acids is 1. The second-order valence-electron chi connectivity index (χ2n) is 4.50. The maximum absolute atomic E-state index is 13.1. The van der Waals surface area contributed by atoms with Gasteiger partial charge >= 0.3 is 0 Å². The average molecular weight is 307 g/mol. The molecule has 0 aliphatic rings. The molecular weight excluding hydrogens is 293 g/mol. The highest BCUT2D eigenvalue weighted by Gasteiger charge is 2.30. The van der Waals surface area contributed by atoms with Gasteiger partial charge in [-0.15, -0.1) is 0 Å². The first-order valence-corrected chi connectivity index (χ1v) is 7.81. The number of para-hydroxylation sites is 1. The molecule has 2 aromatic carbocycles. The fourth-order valence-electron chi connectivity index (χ4n) is 1.75. The Labute approximate surface area is 122 Å². The predicted octanol–water partition coefficient (Wildman–Crippen LogP) is 2.63. The van der Waals surface area contributed by atoms with Gasteiger partial charge in [0.25, 0.3) is 0 Å². The molecule has 0 aliphatic carbocycles. The Hall–Kier alpha value is -2.21. The van der Waals surface area contributed by atoms with Crippen molar-refractivity contribution in [2.24, 2.45) is 0 Å². The largest absolute Gasteiger partial charge is 0.325 e. The first-order chi connectivity index (χ1) is 9.91. The molecule has 0 aromatic heterocycles. The van der Waals surface area contributed by atoms with Crippen LogP contribution >= 0.6 is 0 Å². The van der Waals surface area contributed by atoms with Crippen molar-refractivity contribution in [3.05, 3.63) is 60.4 Å². The predicted molar refractivity (Wildman–Crippen MR) is 78.1 cm³/mol. The topological polar surface area (TPSA) is 63.2 Å². The molecule has 0 fully saturated rings. The molecule has 0 heterocycles. The molecule has 4 nitrogen and oxygen atoms in total. The van der Waals surface area contributed by atoms with Crippen LogP contribution in [0.3, 0.4) is 0 Å². The molecule has 0 aliphatic heterocycles. The number of anilines is 1. The van der Waals surface area contributed by atoms with E-state index in [0.717, 1.165) is 12.1 Å². The Kier molecular flexibility index (Phi) is 4.37. The number of sulfone groups is 1. The van der Waals surface area contributed by atoms with Crippen LogP contribution in [0.4, 0.5) is 10.1 Å². The van der Waals surface area contributed by atoms with Crippen LogP contribution in [0.15, 0.2) is 59.5 Å². The number of rotatable bonds is 4. The van der Waals surface area contributed by atoms with Crippen molar-refractivity contribution < 1.29 is 17.6 Å². The zero-order valence-electron chi connectivity index (χ0n) is 11.3. The molecule has 0 spiro atoms. The van der Waals surface area contributed by atoms with Gasteiger partial charge < -0.3 is 5.32 Å². The first kappa shape index (κ1) is 15.2. The highest BCUT2D eigenvalue weighted by molar-refractivity contribution is 7.92. The van der Waals surface area contributed by atoms with Crippen LogP contribution in [0.25, 0.3) is 0 Å². The number of halogens is 1. The SMILES string of the molecule is CC(C(=O)Nc1ccccc1)S(=O)(=O)c1cccc(F)c1. The number of carbonyl (C=O) groups is 1. The lowest BCUT2D eigenvalue weighted by Crippen LogP contribution is -2.32. The Morgan fingerprint density at radius 3 is 2.38 bits per heavy atom. The Bertz CT molecular complexity index is 745. The van der Waals surface area contributed by atoms with Gasteiger partial charge in [-0.2, -0.15) is 0 Å².